The number of ether oxygens (including phenoxy) is 4. The number of alkyl carbamates (subject to hydrolysis) is 4. The summed E-state index contributed by atoms with van der Waals surface area (Å²) < 4.78 is 446. The predicted molar refractivity (Wildman–Crippen MR) is 418 cm³/mol. The fourth-order valence-electron chi connectivity index (χ4n) is 9.09. The molecule has 12 N–H and O–H groups in total. The maximum absolute atomic E-state index is 13.5. The number of hydrogen-bond donors (Lipinski definition) is 12. The summed E-state index contributed by atoms with van der Waals surface area (Å²) in [4.78, 5) is 58.7. The zero-order valence-electron chi connectivity index (χ0n) is 64.8. The van der Waals surface area contributed by atoms with Crippen molar-refractivity contribution >= 4 is 153 Å². The van der Waals surface area contributed by atoms with Crippen molar-refractivity contribution in [1.82, 2.24) is 41.2 Å². The van der Waals surface area contributed by atoms with Crippen molar-refractivity contribution in [2.45, 2.75) is 119 Å². The van der Waals surface area contributed by atoms with Gasteiger partial charge in [0.25, 0.3) is 40.1 Å². The third kappa shape index (κ3) is 29.1. The molecule has 32 nitrogen and oxygen atoms in total. The van der Waals surface area contributed by atoms with Gasteiger partial charge in [-0.05, 0) is 125 Å². The zero-order chi connectivity index (χ0) is 98.2. The van der Waals surface area contributed by atoms with E-state index < -0.39 is 205 Å². The lowest BCUT2D eigenvalue weighted by Gasteiger charge is -2.38. The summed E-state index contributed by atoms with van der Waals surface area (Å²) in [5.41, 5.74) is -22.7. The third-order valence-corrected chi connectivity index (χ3v) is 23.6. The molecule has 9 rings (SSSR count). The SMILES string of the molecule is CCOC(=O)NC(Nc1ccc(S(=O)(=O)Nc2nccs2)cc1)(C(F)(F)F)C(F)(F)F.CCOC(=O)NC(Nc1ccc(S(=O)(=O)Nc2nccs2)cc1)(C(F)(F)F)C(F)(F)F.CCOC(=O)NC(Nc1ccc(S(=O)(=O)Nc2nccs2)cc1)(C(F)(F)F)C(F)(F)F.CCOC(=O)NC(Nc1ccc(S(=O)(=O)Nc2nccs2)cc1)(C(F)(F)F)C(F)(F)F.c1ccccc1. The number of amides is 4. The zero-order valence-corrected chi connectivity index (χ0v) is 71.3. The van der Waals surface area contributed by atoms with Crippen molar-refractivity contribution in [3.8, 4) is 0 Å². The van der Waals surface area contributed by atoms with Crippen molar-refractivity contribution in [2.75, 3.05) is 66.6 Å². The fourth-order valence-corrected chi connectivity index (χ4v) is 16.2. The van der Waals surface area contributed by atoms with Crippen molar-refractivity contribution in [2.24, 2.45) is 0 Å². The normalized spacial score (nSPS) is 12.6. The Hall–Kier alpha value is -11.8. The Morgan fingerprint density at radius 1 is 0.269 bits per heavy atom. The average molecular weight is 2050 g/mol. The highest BCUT2D eigenvalue weighted by Gasteiger charge is 2.76. The van der Waals surface area contributed by atoms with E-state index in [-0.39, 0.29) is 20.5 Å². The van der Waals surface area contributed by atoms with Crippen LogP contribution < -0.4 is 61.4 Å². The Morgan fingerprint density at radius 3 is 0.531 bits per heavy atom. The maximum Gasteiger partial charge on any atom is 0.439 e. The van der Waals surface area contributed by atoms with Gasteiger partial charge >= 0.3 is 96.4 Å². The molecule has 0 saturated heterocycles. The van der Waals surface area contributed by atoms with Crippen LogP contribution in [-0.2, 0) is 59.0 Å². The third-order valence-electron chi connectivity index (χ3n) is 14.9. The summed E-state index contributed by atoms with van der Waals surface area (Å²) in [5.74, 6) is 0. The Bertz CT molecular complexity index is 4830. The number of alkyl halides is 24. The van der Waals surface area contributed by atoms with Gasteiger partial charge in [-0.15, -0.1) is 45.3 Å². The molecule has 0 aliphatic heterocycles. The number of carbonyl (C=O) groups excluding carboxylic acids is 4. The minimum Gasteiger partial charge on any atom is -0.450 e. The summed E-state index contributed by atoms with van der Waals surface area (Å²) in [6, 6.07) is 23.6. The molecule has 4 heterocycles. The molecule has 130 heavy (non-hydrogen) atoms. The number of thiazole rings is 4. The summed E-state index contributed by atoms with van der Waals surface area (Å²) in [7, 11) is -16.8. The van der Waals surface area contributed by atoms with Gasteiger partial charge in [-0.1, -0.05) is 36.4 Å². The first-order valence-corrected chi connectivity index (χ1v) is 43.9. The molecule has 5 aromatic carbocycles. The van der Waals surface area contributed by atoms with Gasteiger partial charge < -0.3 is 40.2 Å². The van der Waals surface area contributed by atoms with Crippen molar-refractivity contribution in [1.29, 1.82) is 0 Å². The van der Waals surface area contributed by atoms with Gasteiger partial charge in [0.05, 0.1) is 46.0 Å². The number of aromatic nitrogens is 4. The first-order chi connectivity index (χ1) is 59.9. The van der Waals surface area contributed by atoms with E-state index in [0.29, 0.717) is 48.5 Å². The number of carbonyl (C=O) groups is 4. The van der Waals surface area contributed by atoms with Crippen molar-refractivity contribution in [3.05, 3.63) is 180 Å². The molecule has 0 unspecified atom stereocenters. The van der Waals surface area contributed by atoms with Crippen LogP contribution in [0.15, 0.2) is 199 Å². The molecule has 0 atom stereocenters. The first-order valence-electron chi connectivity index (χ1n) is 34.4. The molecule has 0 fully saturated rings. The van der Waals surface area contributed by atoms with Crippen molar-refractivity contribution < 1.29 is 177 Å². The molecule has 4 aromatic heterocycles. The number of hydrogen-bond acceptors (Lipinski definition) is 28. The summed E-state index contributed by atoms with van der Waals surface area (Å²) in [6.07, 6.45) is -50.9. The molecular formula is C66H62F24N16O16S8. The van der Waals surface area contributed by atoms with Crippen LogP contribution in [-0.4, -0.2) is 176 Å². The molecule has 0 radical (unpaired) electrons. The molecule has 4 amide bonds. The monoisotopic (exact) mass is 2050 g/mol. The van der Waals surface area contributed by atoms with Gasteiger partial charge in [-0.2, -0.15) is 105 Å². The quantitative estimate of drug-likeness (QED) is 0.0123. The van der Waals surface area contributed by atoms with Crippen LogP contribution in [0.3, 0.4) is 0 Å². The summed E-state index contributed by atoms with van der Waals surface area (Å²) in [6.45, 7) is 2.85. The Morgan fingerprint density at radius 2 is 0.415 bits per heavy atom. The number of sulfonamides is 4. The number of anilines is 8. The number of rotatable bonds is 28. The van der Waals surface area contributed by atoms with Crippen LogP contribution in [0, 0.1) is 0 Å². The van der Waals surface area contributed by atoms with Crippen LogP contribution >= 0.6 is 45.3 Å². The molecule has 718 valence electrons. The molecule has 0 spiro atoms. The molecule has 0 aliphatic carbocycles. The number of benzene rings is 5. The van der Waals surface area contributed by atoms with Gasteiger partial charge in [0.1, 0.15) is 0 Å². The topological polar surface area (TPSA) is 438 Å². The van der Waals surface area contributed by atoms with Crippen LogP contribution in [0.4, 0.5) is 168 Å². The Balaban J connectivity index is 0.000000300. The number of nitrogens with zero attached hydrogens (tertiary/aromatic N) is 4. The van der Waals surface area contributed by atoms with Gasteiger partial charge in [-0.3, -0.25) is 40.2 Å². The first kappa shape index (κ1) is 109. The predicted octanol–water partition coefficient (Wildman–Crippen LogP) is 17.4. The fraction of sp³-hybridized carbons (Fsp3) is 0.303. The highest BCUT2D eigenvalue weighted by molar-refractivity contribution is 7.93. The molecular weight excluding hydrogens is 1990 g/mol. The highest BCUT2D eigenvalue weighted by atomic mass is 32.2. The molecule has 0 aliphatic rings. The van der Waals surface area contributed by atoms with E-state index in [1.165, 1.54) is 95.3 Å². The van der Waals surface area contributed by atoms with E-state index in [9.17, 15) is 158 Å². The van der Waals surface area contributed by atoms with Crippen LogP contribution in [0.1, 0.15) is 27.7 Å². The van der Waals surface area contributed by atoms with E-state index in [1.54, 1.807) is 0 Å². The lowest BCUT2D eigenvalue weighted by atomic mass is 10.1. The Labute approximate surface area is 733 Å². The lowest BCUT2D eigenvalue weighted by Crippen LogP contribution is -2.72. The van der Waals surface area contributed by atoms with E-state index in [1.807, 2.05) is 36.4 Å². The van der Waals surface area contributed by atoms with Gasteiger partial charge in [0, 0.05) is 69.1 Å². The highest BCUT2D eigenvalue weighted by Crippen LogP contribution is 2.49. The second-order valence-corrected chi connectivity index (χ2v) is 34.2. The van der Waals surface area contributed by atoms with Gasteiger partial charge in [0.2, 0.25) is 0 Å². The molecule has 64 heteroatoms. The van der Waals surface area contributed by atoms with E-state index in [4.69, 9.17) is 0 Å². The number of halogens is 24. The summed E-state index contributed by atoms with van der Waals surface area (Å²) in [5, 5.41) is 13.9. The van der Waals surface area contributed by atoms with Crippen LogP contribution in [0.2, 0.25) is 0 Å². The largest absolute Gasteiger partial charge is 0.450 e. The minimum atomic E-state index is -6.05. The van der Waals surface area contributed by atoms with E-state index in [0.717, 1.165) is 115 Å². The standard InChI is InChI=1S/4C15H14F6N4O4S2.C6H6/c4*1-2-29-12(26)24-13(14(16,17)18,15(19,20)21)23-9-3-5-10(6-4-9)31(27,28)25-11-22-7-8-30-11;1-2-4-6-5-3-1/h4*3-8,23H,2H2,1H3,(H,22,25)(H,24,26);1-6H. The lowest BCUT2D eigenvalue weighted by molar-refractivity contribution is -0.295. The summed E-state index contributed by atoms with van der Waals surface area (Å²) >= 11 is 3.82. The van der Waals surface area contributed by atoms with Gasteiger partial charge in [-0.25, -0.2) is 72.8 Å². The molecule has 0 bridgehead atoms. The second kappa shape index (κ2) is 43.8. The minimum absolute atomic E-state index is 0.00833. The second-order valence-electron chi connectivity index (χ2n) is 23.9. The van der Waals surface area contributed by atoms with Gasteiger partial charge in [0.15, 0.2) is 20.5 Å². The van der Waals surface area contributed by atoms with Crippen molar-refractivity contribution in [3.63, 3.8) is 0 Å². The van der Waals surface area contributed by atoms with E-state index in [2.05, 4.69) is 57.8 Å². The smallest absolute Gasteiger partial charge is 0.439 e. The van der Waals surface area contributed by atoms with E-state index >= 15 is 0 Å². The van der Waals surface area contributed by atoms with Crippen LogP contribution in [0.25, 0.3) is 0 Å². The maximum atomic E-state index is 13.5. The molecule has 9 aromatic rings. The average Bonchev–Trinajstić information content (AvgIpc) is 1.22. The number of nitrogens with one attached hydrogen (secondary N) is 12. The molecule has 0 saturated carbocycles. The Kier molecular flexibility index (Phi) is 36.6. The van der Waals surface area contributed by atoms with Crippen LogP contribution in [0.5, 0.6) is 0 Å².